The summed E-state index contributed by atoms with van der Waals surface area (Å²) in [6.45, 7) is -1.48. The third-order valence-electron chi connectivity index (χ3n) is 7.04. The molecule has 0 aromatic carbocycles. The number of nitrogens with one attached hydrogen (secondary N) is 1. The predicted octanol–water partition coefficient (Wildman–Crippen LogP) is -2.83. The van der Waals surface area contributed by atoms with Crippen molar-refractivity contribution in [1.82, 2.24) is 39.0 Å². The van der Waals surface area contributed by atoms with Crippen LogP contribution < -0.4 is 17.0 Å². The van der Waals surface area contributed by atoms with Gasteiger partial charge in [0.25, 0.3) is 5.56 Å². The molecule has 0 bridgehead atoms. The number of aromatic amines is 1. The van der Waals surface area contributed by atoms with E-state index in [-0.39, 0.29) is 34.1 Å². The normalized spacial score (nSPS) is 30.3. The highest BCUT2D eigenvalue weighted by Gasteiger charge is 2.51. The first-order chi connectivity index (χ1) is 21.3. The average Bonchev–Trinajstić information content (AvgIpc) is 3.73. The second-order valence-corrected chi connectivity index (χ2v) is 12.0. The van der Waals surface area contributed by atoms with Gasteiger partial charge in [-0.2, -0.15) is 4.98 Å². The molecule has 10 N–H and O–H groups in total. The van der Waals surface area contributed by atoms with Crippen molar-refractivity contribution in [3.63, 3.8) is 0 Å². The summed E-state index contributed by atoms with van der Waals surface area (Å²) in [5.74, 6) is -0.211. The molecule has 2 fully saturated rings. The number of ether oxygens (including phenoxy) is 2. The number of phosphoric ester groups is 1. The highest BCUT2D eigenvalue weighted by molar-refractivity contribution is 7.47. The van der Waals surface area contributed by atoms with E-state index in [1.165, 1.54) is 10.9 Å². The van der Waals surface area contributed by atoms with Gasteiger partial charge in [0, 0.05) is 4.57 Å². The maximum atomic E-state index is 13.0. The van der Waals surface area contributed by atoms with E-state index in [2.05, 4.69) is 29.9 Å². The molecule has 0 saturated carbocycles. The van der Waals surface area contributed by atoms with E-state index < -0.39 is 83.9 Å². The van der Waals surface area contributed by atoms with Crippen molar-refractivity contribution >= 4 is 50.2 Å². The molecule has 6 heterocycles. The molecule has 0 aliphatic carbocycles. The largest absolute Gasteiger partial charge is 0.694 e. The number of nitrogen functional groups attached to an aromatic ring is 2. The van der Waals surface area contributed by atoms with Crippen molar-refractivity contribution in [2.24, 2.45) is 0 Å². The zero-order chi connectivity index (χ0) is 32.2. The number of hydrogen-bond acceptors (Lipinski definition) is 18. The van der Waals surface area contributed by atoms with Crippen molar-refractivity contribution in [3.8, 4) is 0 Å². The van der Waals surface area contributed by atoms with E-state index >= 15 is 0 Å². The minimum absolute atomic E-state index is 0.0309. The van der Waals surface area contributed by atoms with Crippen LogP contribution >= 0.6 is 16.1 Å². The Morgan fingerprint density at radius 2 is 1.62 bits per heavy atom. The van der Waals surface area contributed by atoms with E-state index in [9.17, 15) is 34.1 Å². The van der Waals surface area contributed by atoms with Crippen LogP contribution in [0.2, 0.25) is 0 Å². The molecular weight excluding hydrogens is 650 g/mol. The summed E-state index contributed by atoms with van der Waals surface area (Å²) in [6.07, 6.45) is -8.73. The van der Waals surface area contributed by atoms with Gasteiger partial charge in [-0.3, -0.25) is 28.0 Å². The minimum atomic E-state index is -5.12. The molecule has 6 unspecified atom stereocenters. The Morgan fingerprint density at radius 3 is 2.36 bits per heavy atom. The van der Waals surface area contributed by atoms with Gasteiger partial charge in [0.1, 0.15) is 55.1 Å². The number of aromatic nitrogens is 8. The van der Waals surface area contributed by atoms with Crippen LogP contribution in [0.15, 0.2) is 23.8 Å². The summed E-state index contributed by atoms with van der Waals surface area (Å²) in [5, 5.41) is 32.3. The summed E-state index contributed by atoms with van der Waals surface area (Å²) >= 11 is 0. The maximum Gasteiger partial charge on any atom is 0.694 e. The number of H-pyrrole nitrogens is 1. The molecule has 45 heavy (non-hydrogen) atoms. The van der Waals surface area contributed by atoms with E-state index in [1.807, 2.05) is 0 Å². The Morgan fingerprint density at radius 1 is 0.956 bits per heavy atom. The number of aliphatic hydroxyl groups is 3. The molecule has 0 spiro atoms. The van der Waals surface area contributed by atoms with Crippen molar-refractivity contribution in [1.29, 1.82) is 0 Å². The predicted molar refractivity (Wildman–Crippen MR) is 145 cm³/mol. The van der Waals surface area contributed by atoms with Crippen LogP contribution in [0.4, 0.5) is 11.8 Å². The molecule has 4 aromatic rings. The monoisotopic (exact) mass is 675 g/mol. The smallest absolute Gasteiger partial charge is 0.387 e. The van der Waals surface area contributed by atoms with Gasteiger partial charge in [-0.25, -0.2) is 24.5 Å². The summed E-state index contributed by atoms with van der Waals surface area (Å²) in [4.78, 5) is 53.8. The Labute approximate surface area is 249 Å². The minimum Gasteiger partial charge on any atom is -0.387 e. The summed E-state index contributed by atoms with van der Waals surface area (Å²) in [7, 11) is -8.24. The Hall–Kier alpha value is -3.57. The number of rotatable bonds is 10. The Bertz CT molecular complexity index is 1850. The van der Waals surface area contributed by atoms with Gasteiger partial charge in [-0.05, 0) is 0 Å². The quantitative estimate of drug-likeness (QED) is 0.0785. The van der Waals surface area contributed by atoms with Crippen LogP contribution in [0.3, 0.4) is 0 Å². The molecule has 242 valence electrons. The fourth-order valence-corrected chi connectivity index (χ4v) is 6.22. The van der Waals surface area contributed by atoms with E-state index in [4.69, 9.17) is 39.4 Å². The van der Waals surface area contributed by atoms with Gasteiger partial charge in [0.2, 0.25) is 5.95 Å². The second-order valence-electron chi connectivity index (χ2n) is 9.83. The van der Waals surface area contributed by atoms with Crippen LogP contribution in [0.5, 0.6) is 0 Å². The lowest BCUT2D eigenvalue weighted by atomic mass is 10.1. The van der Waals surface area contributed by atoms with Gasteiger partial charge >= 0.3 is 16.1 Å². The third-order valence-corrected chi connectivity index (χ3v) is 8.39. The summed E-state index contributed by atoms with van der Waals surface area (Å²) in [6, 6.07) is 0. The topological polar surface area (TPSA) is 341 Å². The highest BCUT2D eigenvalue weighted by Crippen LogP contribution is 2.49. The molecule has 25 heteroatoms. The fourth-order valence-electron chi connectivity index (χ4n) is 4.99. The zero-order valence-corrected chi connectivity index (χ0v) is 24.2. The number of hydrogen-bond donors (Lipinski definition) is 8. The number of imidazole rings is 2. The van der Waals surface area contributed by atoms with Crippen LogP contribution in [-0.4, -0.2) is 114 Å². The molecule has 23 nitrogen and oxygen atoms in total. The number of nitrogens with two attached hydrogens (primary N) is 2. The lowest BCUT2D eigenvalue weighted by Crippen LogP contribution is -2.36. The van der Waals surface area contributed by atoms with Gasteiger partial charge in [0.05, 0.1) is 19.3 Å². The number of anilines is 2. The second kappa shape index (κ2) is 12.0. The van der Waals surface area contributed by atoms with E-state index in [0.29, 0.717) is 0 Å². The lowest BCUT2D eigenvalue weighted by molar-refractivity contribution is -0.0573. The van der Waals surface area contributed by atoms with Gasteiger partial charge in [0.15, 0.2) is 35.1 Å². The summed E-state index contributed by atoms with van der Waals surface area (Å²) in [5.41, 5.74) is 10.9. The molecule has 0 radical (unpaired) electrons. The van der Waals surface area contributed by atoms with Gasteiger partial charge in [-0.15, -0.1) is 9.42 Å². The van der Waals surface area contributed by atoms with Crippen LogP contribution in [0.1, 0.15) is 12.5 Å². The van der Waals surface area contributed by atoms with Crippen molar-refractivity contribution in [2.75, 3.05) is 24.7 Å². The van der Waals surface area contributed by atoms with E-state index in [0.717, 1.165) is 17.2 Å². The van der Waals surface area contributed by atoms with Crippen molar-refractivity contribution in [2.45, 2.75) is 49.1 Å². The van der Waals surface area contributed by atoms with Crippen LogP contribution in [0.25, 0.3) is 22.3 Å². The standard InChI is InChI=1S/C20H24N10O13P2/c21-14-8-15(24-3-23-14)29(4-25-8)19-12(33)13(7(42-19)1-39-44(35)36)43-45(37,38)40-2-6-10(31)11(32)18(41-6)30-5-26-9-16(30)27-20(22)28-17(9)34/h3-7,10-13,18-19,31-33H,1-2H2,(H6-,21,22,23,24,27,28,34,35,36,37,38)/p+1/t6-,7-,10?,11?,12?,13?,18-,19-/m1/s1. The number of nitrogens with zero attached hydrogens (tertiary/aromatic N) is 7. The lowest BCUT2D eigenvalue weighted by Gasteiger charge is -2.23. The number of phosphoric acid groups is 1. The SMILES string of the molecule is Nc1nc2c(ncn2[C@@H]2O[C@H](COP(=O)(O)OC3C(O)[C@H](n4cnc5c(N)ncnc54)O[C@@H]3CO[P+](=O)O)C(O)C2O)c(=O)[nH]1. The Kier molecular flexibility index (Phi) is 8.36. The van der Waals surface area contributed by atoms with Crippen molar-refractivity contribution in [3.05, 3.63) is 29.3 Å². The first-order valence-corrected chi connectivity index (χ1v) is 15.4. The zero-order valence-electron chi connectivity index (χ0n) is 22.4. The first kappa shape index (κ1) is 31.4. The van der Waals surface area contributed by atoms with Crippen LogP contribution in [-0.2, 0) is 32.2 Å². The molecule has 4 aromatic heterocycles. The maximum absolute atomic E-state index is 13.0. The molecular formula is C20H25N10O13P2+. The van der Waals surface area contributed by atoms with Gasteiger partial charge < -0.3 is 41.2 Å². The Balaban J connectivity index is 1.17. The van der Waals surface area contributed by atoms with E-state index in [1.54, 1.807) is 0 Å². The third kappa shape index (κ3) is 5.92. The number of fused-ring (bicyclic) bond motifs is 2. The average molecular weight is 675 g/mol. The molecule has 6 rings (SSSR count). The first-order valence-electron chi connectivity index (χ1n) is 12.8. The highest BCUT2D eigenvalue weighted by atomic mass is 31.2. The summed E-state index contributed by atoms with van der Waals surface area (Å²) < 4.78 is 52.9. The molecule has 0 amide bonds. The molecule has 2 saturated heterocycles. The molecule has 10 atom stereocenters. The van der Waals surface area contributed by atoms with Gasteiger partial charge in [-0.1, -0.05) is 0 Å². The van der Waals surface area contributed by atoms with Crippen LogP contribution in [0, 0.1) is 0 Å². The van der Waals surface area contributed by atoms with Crippen molar-refractivity contribution < 1.29 is 57.3 Å². The number of aliphatic hydroxyl groups excluding tert-OH is 3. The fraction of sp³-hybridized carbons (Fsp3) is 0.500. The molecule has 2 aliphatic rings. The molecule has 2 aliphatic heterocycles.